The number of hydrogen-bond acceptors (Lipinski definition) is 8. The smallest absolute Gasteiger partial charge is 0.257 e. The first-order chi connectivity index (χ1) is 17.2. The van der Waals surface area contributed by atoms with Gasteiger partial charge in [0.15, 0.2) is 11.5 Å². The van der Waals surface area contributed by atoms with Crippen LogP contribution < -0.4 is 25.3 Å². The second kappa shape index (κ2) is 10.5. The monoisotopic (exact) mass is 509 g/mol. The fourth-order valence-corrected chi connectivity index (χ4v) is 3.78. The topological polar surface area (TPSA) is 98.4 Å². The minimum atomic E-state index is -0.436. The zero-order valence-electron chi connectivity index (χ0n) is 20.3. The van der Waals surface area contributed by atoms with Crippen molar-refractivity contribution in [1.29, 1.82) is 0 Å². The lowest BCUT2D eigenvalue weighted by atomic mass is 9.86. The molecule has 3 aromatic rings. The van der Waals surface area contributed by atoms with Crippen molar-refractivity contribution in [1.82, 2.24) is 0 Å². The third-order valence-corrected chi connectivity index (χ3v) is 5.74. The van der Waals surface area contributed by atoms with E-state index >= 15 is 0 Å². The zero-order valence-corrected chi connectivity index (χ0v) is 21.2. The predicted molar refractivity (Wildman–Crippen MR) is 140 cm³/mol. The van der Waals surface area contributed by atoms with Crippen LogP contribution in [0, 0.1) is 0 Å². The average Bonchev–Trinajstić information content (AvgIpc) is 3.32. The van der Waals surface area contributed by atoms with E-state index in [1.807, 2.05) is 12.1 Å². The Morgan fingerprint density at radius 1 is 0.917 bits per heavy atom. The number of ether oxygens (including phenoxy) is 2. The second-order valence-electron chi connectivity index (χ2n) is 9.05. The van der Waals surface area contributed by atoms with Gasteiger partial charge in [0.1, 0.15) is 0 Å². The molecule has 0 saturated heterocycles. The number of fused-ring (bicyclic) bond motifs is 1. The van der Waals surface area contributed by atoms with Gasteiger partial charge in [-0.25, -0.2) is 0 Å². The molecule has 188 valence electrons. The molecular formula is C26H27N3O6S. The molecule has 1 aliphatic heterocycles. The van der Waals surface area contributed by atoms with Gasteiger partial charge in [0.25, 0.3) is 11.8 Å². The van der Waals surface area contributed by atoms with Crippen LogP contribution in [-0.2, 0) is 14.5 Å². The number of amides is 2. The van der Waals surface area contributed by atoms with Gasteiger partial charge in [0.05, 0.1) is 24.0 Å². The number of carbonyl (C=O) groups excluding carboxylic acids is 2. The maximum absolute atomic E-state index is 13.2. The van der Waals surface area contributed by atoms with Crippen molar-refractivity contribution >= 4 is 41.8 Å². The van der Waals surface area contributed by atoms with Gasteiger partial charge in [-0.2, -0.15) is 4.28 Å². The molecule has 1 aliphatic rings. The van der Waals surface area contributed by atoms with E-state index in [4.69, 9.17) is 18.6 Å². The van der Waals surface area contributed by atoms with Gasteiger partial charge in [0, 0.05) is 30.2 Å². The molecule has 0 atom stereocenters. The summed E-state index contributed by atoms with van der Waals surface area (Å²) >= 11 is 3.78. The standard InChI is InChI=1S/C26H27N3O6S/c1-26(2,3)17-7-5-16(6-8-17)24(30)28-21-14-19(29(32-4)35-36)10-11-20(21)25(31)27-18-9-12-22-23(13-18)34-15-33-22/h5-14,36H,15H2,1-4H3,(H,27,31)(H,28,30). The van der Waals surface area contributed by atoms with Crippen molar-refractivity contribution in [3.8, 4) is 11.5 Å². The van der Waals surface area contributed by atoms with E-state index in [9.17, 15) is 9.59 Å². The molecular weight excluding hydrogens is 482 g/mol. The van der Waals surface area contributed by atoms with Crippen molar-refractivity contribution in [2.45, 2.75) is 26.2 Å². The molecule has 0 bridgehead atoms. The first kappa shape index (κ1) is 25.4. The van der Waals surface area contributed by atoms with Crippen molar-refractivity contribution in [2.24, 2.45) is 0 Å². The Labute approximate surface area is 214 Å². The molecule has 0 aliphatic carbocycles. The molecule has 3 aromatic carbocycles. The Morgan fingerprint density at radius 3 is 2.31 bits per heavy atom. The minimum absolute atomic E-state index is 0.0419. The van der Waals surface area contributed by atoms with Gasteiger partial charge >= 0.3 is 0 Å². The highest BCUT2D eigenvalue weighted by Crippen LogP contribution is 2.35. The Morgan fingerprint density at radius 2 is 1.64 bits per heavy atom. The van der Waals surface area contributed by atoms with Crippen LogP contribution in [-0.4, -0.2) is 25.7 Å². The Balaban J connectivity index is 1.62. The summed E-state index contributed by atoms with van der Waals surface area (Å²) in [5.41, 5.74) is 2.91. The molecule has 10 heteroatoms. The van der Waals surface area contributed by atoms with Gasteiger partial charge in [-0.1, -0.05) is 32.9 Å². The molecule has 4 rings (SSSR count). The normalized spacial score (nSPS) is 12.2. The summed E-state index contributed by atoms with van der Waals surface area (Å²) in [5, 5.41) is 6.68. The molecule has 2 N–H and O–H groups in total. The number of nitrogens with one attached hydrogen (secondary N) is 2. The fourth-order valence-electron chi connectivity index (χ4n) is 3.62. The van der Waals surface area contributed by atoms with E-state index in [1.54, 1.807) is 48.5 Å². The summed E-state index contributed by atoms with van der Waals surface area (Å²) < 4.78 is 15.6. The van der Waals surface area contributed by atoms with Crippen LogP contribution in [0.4, 0.5) is 17.1 Å². The van der Waals surface area contributed by atoms with Crippen LogP contribution in [0.1, 0.15) is 47.1 Å². The summed E-state index contributed by atoms with van der Waals surface area (Å²) in [6.07, 6.45) is 0. The maximum Gasteiger partial charge on any atom is 0.257 e. The largest absolute Gasteiger partial charge is 0.454 e. The van der Waals surface area contributed by atoms with Gasteiger partial charge in [0.2, 0.25) is 6.79 Å². The molecule has 0 unspecified atom stereocenters. The summed E-state index contributed by atoms with van der Waals surface area (Å²) in [7, 11) is 1.39. The second-order valence-corrected chi connectivity index (χ2v) is 9.22. The average molecular weight is 510 g/mol. The summed E-state index contributed by atoms with van der Waals surface area (Å²) in [4.78, 5) is 31.4. The molecule has 2 amide bonds. The van der Waals surface area contributed by atoms with Crippen molar-refractivity contribution in [3.63, 3.8) is 0 Å². The van der Waals surface area contributed by atoms with E-state index < -0.39 is 5.91 Å². The van der Waals surface area contributed by atoms with E-state index in [0.29, 0.717) is 28.4 Å². The predicted octanol–water partition coefficient (Wildman–Crippen LogP) is 5.36. The van der Waals surface area contributed by atoms with Crippen LogP contribution in [0.25, 0.3) is 0 Å². The van der Waals surface area contributed by atoms with E-state index in [0.717, 1.165) is 10.8 Å². The lowest BCUT2D eigenvalue weighted by Gasteiger charge is -2.20. The van der Waals surface area contributed by atoms with Gasteiger partial charge in [-0.3, -0.25) is 14.4 Å². The molecule has 0 spiro atoms. The Bertz CT molecular complexity index is 1270. The highest BCUT2D eigenvalue weighted by molar-refractivity contribution is 7.75. The molecule has 0 fully saturated rings. The Kier molecular flexibility index (Phi) is 7.39. The number of nitrogens with zero attached hydrogens (tertiary/aromatic N) is 1. The van der Waals surface area contributed by atoms with E-state index in [1.165, 1.54) is 7.11 Å². The molecule has 36 heavy (non-hydrogen) atoms. The van der Waals surface area contributed by atoms with Gasteiger partial charge < -0.3 is 20.1 Å². The third kappa shape index (κ3) is 5.56. The first-order valence-electron chi connectivity index (χ1n) is 11.1. The van der Waals surface area contributed by atoms with E-state index in [-0.39, 0.29) is 29.4 Å². The van der Waals surface area contributed by atoms with Gasteiger partial charge in [-0.05, 0) is 53.4 Å². The summed E-state index contributed by atoms with van der Waals surface area (Å²) in [6.45, 7) is 6.43. The number of thiol groups is 1. The molecule has 0 saturated carbocycles. The lowest BCUT2D eigenvalue weighted by Crippen LogP contribution is -2.21. The molecule has 0 aromatic heterocycles. The molecule has 1 heterocycles. The van der Waals surface area contributed by atoms with Crippen molar-refractivity contribution < 1.29 is 28.2 Å². The van der Waals surface area contributed by atoms with Gasteiger partial charge in [-0.15, -0.1) is 5.23 Å². The summed E-state index contributed by atoms with van der Waals surface area (Å²) in [5.74, 6) is 0.335. The highest BCUT2D eigenvalue weighted by atomic mass is 32.1. The molecule has 0 radical (unpaired) electrons. The molecule has 9 nitrogen and oxygen atoms in total. The number of carbonyl (C=O) groups is 2. The summed E-state index contributed by atoms with van der Waals surface area (Å²) in [6, 6.07) is 17.1. The number of benzene rings is 3. The van der Waals surface area contributed by atoms with Crippen molar-refractivity contribution in [2.75, 3.05) is 29.8 Å². The third-order valence-electron chi connectivity index (χ3n) is 5.59. The first-order valence-corrected chi connectivity index (χ1v) is 11.5. The SMILES string of the molecule is CON(OS)c1ccc(C(=O)Nc2ccc3c(c2)OCO3)c(NC(=O)c2ccc(C(C)(C)C)cc2)c1. The van der Waals surface area contributed by atoms with Crippen LogP contribution in [0.5, 0.6) is 11.5 Å². The highest BCUT2D eigenvalue weighted by Gasteiger charge is 2.20. The number of anilines is 3. The maximum atomic E-state index is 13.2. The Hall–Kier alpha value is -3.73. The number of hydrogen-bond donors (Lipinski definition) is 3. The van der Waals surface area contributed by atoms with Crippen LogP contribution >= 0.6 is 12.9 Å². The lowest BCUT2D eigenvalue weighted by molar-refractivity contribution is 0.0252. The van der Waals surface area contributed by atoms with E-state index in [2.05, 4.69) is 44.3 Å². The number of rotatable bonds is 7. The quantitative estimate of drug-likeness (QED) is 0.224. The van der Waals surface area contributed by atoms with Crippen LogP contribution in [0.15, 0.2) is 60.7 Å². The zero-order chi connectivity index (χ0) is 25.9. The van der Waals surface area contributed by atoms with Crippen LogP contribution in [0.3, 0.4) is 0 Å². The minimum Gasteiger partial charge on any atom is -0.454 e. The van der Waals surface area contributed by atoms with Crippen molar-refractivity contribution in [3.05, 3.63) is 77.4 Å². The van der Waals surface area contributed by atoms with Crippen LogP contribution in [0.2, 0.25) is 0 Å². The fraction of sp³-hybridized carbons (Fsp3) is 0.231.